The third kappa shape index (κ3) is 4.39. The SMILES string of the molecule is O=C(CN1CCCCC1)NCC1(O)CCN(c2cnccn2)C1. The van der Waals surface area contributed by atoms with Crippen LogP contribution in [0.3, 0.4) is 0 Å². The van der Waals surface area contributed by atoms with Gasteiger partial charge in [-0.3, -0.25) is 14.7 Å². The Morgan fingerprint density at radius 2 is 2.09 bits per heavy atom. The van der Waals surface area contributed by atoms with Crippen LogP contribution in [-0.2, 0) is 4.79 Å². The molecule has 0 spiro atoms. The molecule has 0 radical (unpaired) electrons. The number of likely N-dealkylation sites (tertiary alicyclic amines) is 1. The normalized spacial score (nSPS) is 25.5. The average molecular weight is 319 g/mol. The van der Waals surface area contributed by atoms with Crippen LogP contribution in [0.25, 0.3) is 0 Å². The lowest BCUT2D eigenvalue weighted by Gasteiger charge is -2.27. The van der Waals surface area contributed by atoms with Crippen molar-refractivity contribution >= 4 is 11.7 Å². The number of nitrogens with zero attached hydrogens (tertiary/aromatic N) is 4. The lowest BCUT2D eigenvalue weighted by Crippen LogP contribution is -2.48. The molecule has 0 saturated carbocycles. The lowest BCUT2D eigenvalue weighted by molar-refractivity contribution is -0.123. The van der Waals surface area contributed by atoms with Gasteiger partial charge in [-0.15, -0.1) is 0 Å². The quantitative estimate of drug-likeness (QED) is 0.796. The number of aliphatic hydroxyl groups is 1. The highest BCUT2D eigenvalue weighted by molar-refractivity contribution is 5.78. The first-order chi connectivity index (χ1) is 11.1. The minimum absolute atomic E-state index is 0.00159. The maximum absolute atomic E-state index is 12.1. The van der Waals surface area contributed by atoms with Gasteiger partial charge in [-0.2, -0.15) is 0 Å². The molecule has 126 valence electrons. The summed E-state index contributed by atoms with van der Waals surface area (Å²) in [6, 6.07) is 0. The van der Waals surface area contributed by atoms with Crippen molar-refractivity contribution in [1.82, 2.24) is 20.2 Å². The van der Waals surface area contributed by atoms with Gasteiger partial charge in [-0.25, -0.2) is 4.98 Å². The predicted octanol–water partition coefficient (Wildman–Crippen LogP) is 0.0199. The Kier molecular flexibility index (Phi) is 5.07. The fourth-order valence-corrected chi connectivity index (χ4v) is 3.29. The Hall–Kier alpha value is -1.73. The number of hydrogen-bond acceptors (Lipinski definition) is 6. The Morgan fingerprint density at radius 3 is 2.83 bits per heavy atom. The summed E-state index contributed by atoms with van der Waals surface area (Å²) < 4.78 is 0. The number of rotatable bonds is 5. The van der Waals surface area contributed by atoms with Gasteiger partial charge in [0.05, 0.1) is 12.7 Å². The van der Waals surface area contributed by atoms with Crippen molar-refractivity contribution < 1.29 is 9.90 Å². The highest BCUT2D eigenvalue weighted by atomic mass is 16.3. The maximum atomic E-state index is 12.1. The molecule has 0 aliphatic carbocycles. The average Bonchev–Trinajstić information content (AvgIpc) is 2.98. The van der Waals surface area contributed by atoms with Crippen molar-refractivity contribution in [2.45, 2.75) is 31.3 Å². The van der Waals surface area contributed by atoms with Crippen LogP contribution < -0.4 is 10.2 Å². The van der Waals surface area contributed by atoms with Crippen molar-refractivity contribution in [1.29, 1.82) is 0 Å². The molecule has 1 aromatic heterocycles. The van der Waals surface area contributed by atoms with Crippen LogP contribution in [-0.4, -0.2) is 70.8 Å². The molecule has 23 heavy (non-hydrogen) atoms. The Morgan fingerprint density at radius 1 is 1.26 bits per heavy atom. The van der Waals surface area contributed by atoms with Gasteiger partial charge in [-0.1, -0.05) is 6.42 Å². The van der Waals surface area contributed by atoms with Gasteiger partial charge < -0.3 is 15.3 Å². The Balaban J connectivity index is 1.45. The predicted molar refractivity (Wildman–Crippen MR) is 87.1 cm³/mol. The van der Waals surface area contributed by atoms with Gasteiger partial charge in [0, 0.05) is 32.0 Å². The van der Waals surface area contributed by atoms with Crippen LogP contribution in [0, 0.1) is 0 Å². The van der Waals surface area contributed by atoms with Gasteiger partial charge in [0.1, 0.15) is 11.4 Å². The van der Waals surface area contributed by atoms with Gasteiger partial charge >= 0.3 is 0 Å². The lowest BCUT2D eigenvalue weighted by atomic mass is 10.0. The number of hydrogen-bond donors (Lipinski definition) is 2. The van der Waals surface area contributed by atoms with E-state index in [2.05, 4.69) is 20.2 Å². The molecule has 1 atom stereocenters. The number of carbonyl (C=O) groups excluding carboxylic acids is 1. The second-order valence-electron chi connectivity index (χ2n) is 6.57. The van der Waals surface area contributed by atoms with Crippen molar-refractivity contribution in [3.8, 4) is 0 Å². The molecule has 0 aromatic carbocycles. The van der Waals surface area contributed by atoms with Gasteiger partial charge in [0.15, 0.2) is 0 Å². The van der Waals surface area contributed by atoms with Crippen LogP contribution in [0.2, 0.25) is 0 Å². The topological polar surface area (TPSA) is 81.6 Å². The molecule has 2 N–H and O–H groups in total. The summed E-state index contributed by atoms with van der Waals surface area (Å²) in [6.07, 6.45) is 9.19. The Bertz CT molecular complexity index is 520. The van der Waals surface area contributed by atoms with Crippen LogP contribution in [0.1, 0.15) is 25.7 Å². The van der Waals surface area contributed by atoms with E-state index in [1.807, 2.05) is 4.90 Å². The zero-order valence-corrected chi connectivity index (χ0v) is 13.4. The molecule has 3 heterocycles. The number of nitrogens with one attached hydrogen (secondary N) is 1. The maximum Gasteiger partial charge on any atom is 0.234 e. The molecule has 7 nitrogen and oxygen atoms in total. The van der Waals surface area contributed by atoms with Crippen molar-refractivity contribution in [2.24, 2.45) is 0 Å². The summed E-state index contributed by atoms with van der Waals surface area (Å²) in [5.41, 5.74) is -0.894. The van der Waals surface area contributed by atoms with Crippen molar-refractivity contribution in [3.63, 3.8) is 0 Å². The summed E-state index contributed by atoms with van der Waals surface area (Å²) in [4.78, 5) is 24.6. The van der Waals surface area contributed by atoms with E-state index < -0.39 is 5.60 Å². The van der Waals surface area contributed by atoms with E-state index in [4.69, 9.17) is 0 Å². The molecule has 2 aliphatic heterocycles. The van der Waals surface area contributed by atoms with E-state index in [1.54, 1.807) is 18.6 Å². The summed E-state index contributed by atoms with van der Waals surface area (Å²) in [7, 11) is 0. The van der Waals surface area contributed by atoms with E-state index in [-0.39, 0.29) is 12.5 Å². The molecular weight excluding hydrogens is 294 g/mol. The second-order valence-corrected chi connectivity index (χ2v) is 6.57. The van der Waals surface area contributed by atoms with Crippen LogP contribution >= 0.6 is 0 Å². The first-order valence-corrected chi connectivity index (χ1v) is 8.37. The minimum Gasteiger partial charge on any atom is -0.386 e. The van der Waals surface area contributed by atoms with E-state index in [0.717, 1.165) is 25.5 Å². The smallest absolute Gasteiger partial charge is 0.234 e. The molecule has 1 unspecified atom stereocenters. The van der Waals surface area contributed by atoms with Gasteiger partial charge in [0.2, 0.25) is 5.91 Å². The van der Waals surface area contributed by atoms with Crippen molar-refractivity contribution in [3.05, 3.63) is 18.6 Å². The second kappa shape index (κ2) is 7.23. The van der Waals surface area contributed by atoms with E-state index in [1.165, 1.54) is 19.3 Å². The fourth-order valence-electron chi connectivity index (χ4n) is 3.29. The first kappa shape index (κ1) is 16.1. The molecule has 2 saturated heterocycles. The number of aromatic nitrogens is 2. The third-order valence-corrected chi connectivity index (χ3v) is 4.64. The molecular formula is C16H25N5O2. The summed E-state index contributed by atoms with van der Waals surface area (Å²) >= 11 is 0. The van der Waals surface area contributed by atoms with E-state index in [0.29, 0.717) is 19.5 Å². The number of anilines is 1. The van der Waals surface area contributed by atoms with Crippen molar-refractivity contribution in [2.75, 3.05) is 44.2 Å². The largest absolute Gasteiger partial charge is 0.386 e. The Labute approximate surface area is 136 Å². The number of amides is 1. The molecule has 1 amide bonds. The molecule has 7 heteroatoms. The zero-order chi connectivity index (χ0) is 16.1. The highest BCUT2D eigenvalue weighted by Crippen LogP contribution is 2.24. The van der Waals surface area contributed by atoms with E-state index in [9.17, 15) is 9.90 Å². The third-order valence-electron chi connectivity index (χ3n) is 4.64. The summed E-state index contributed by atoms with van der Waals surface area (Å²) in [5.74, 6) is 0.765. The highest BCUT2D eigenvalue weighted by Gasteiger charge is 2.37. The molecule has 2 aliphatic rings. The minimum atomic E-state index is -0.894. The fraction of sp³-hybridized carbons (Fsp3) is 0.688. The van der Waals surface area contributed by atoms with Gasteiger partial charge in [-0.05, 0) is 32.4 Å². The zero-order valence-electron chi connectivity index (χ0n) is 13.4. The summed E-state index contributed by atoms with van der Waals surface area (Å²) in [5, 5.41) is 13.6. The number of piperidine rings is 1. The molecule has 3 rings (SSSR count). The number of carbonyl (C=O) groups is 1. The molecule has 0 bridgehead atoms. The molecule has 2 fully saturated rings. The summed E-state index contributed by atoms with van der Waals surface area (Å²) in [6.45, 7) is 3.91. The van der Waals surface area contributed by atoms with Crippen LogP contribution in [0.4, 0.5) is 5.82 Å². The van der Waals surface area contributed by atoms with Gasteiger partial charge in [0.25, 0.3) is 0 Å². The first-order valence-electron chi connectivity index (χ1n) is 8.37. The standard InChI is InChI=1S/C16H25N5O2/c22-15(11-20-7-2-1-3-8-20)19-12-16(23)4-9-21(13-16)14-10-17-5-6-18-14/h5-6,10,23H,1-4,7-9,11-13H2,(H,19,22). The van der Waals surface area contributed by atoms with Crippen LogP contribution in [0.5, 0.6) is 0 Å². The monoisotopic (exact) mass is 319 g/mol. The van der Waals surface area contributed by atoms with E-state index >= 15 is 0 Å². The van der Waals surface area contributed by atoms with Crippen LogP contribution in [0.15, 0.2) is 18.6 Å². The molecule has 1 aromatic rings. The number of β-amino-alcohol motifs (C(OH)–C–C–N with tert-alkyl or cyclic N) is 1.